The summed E-state index contributed by atoms with van der Waals surface area (Å²) in [7, 11) is 3.21. The van der Waals surface area contributed by atoms with Crippen molar-refractivity contribution >= 4 is 12.1 Å². The first kappa shape index (κ1) is 15.8. The Morgan fingerprint density at radius 3 is 2.83 bits per heavy atom. The van der Waals surface area contributed by atoms with Crippen molar-refractivity contribution in [2.75, 3.05) is 14.2 Å². The van der Waals surface area contributed by atoms with Gasteiger partial charge in [0.1, 0.15) is 11.5 Å². The fourth-order valence-electron chi connectivity index (χ4n) is 4.01. The van der Waals surface area contributed by atoms with Gasteiger partial charge in [0, 0.05) is 17.5 Å². The SMILES string of the molecule is COc1ccc(/C=N/NC(=O)[C@@H]2[C@H]3CCCC[C@@]32C)c(OC)c1. The van der Waals surface area contributed by atoms with Crippen LogP contribution in [0.25, 0.3) is 0 Å². The lowest BCUT2D eigenvalue weighted by molar-refractivity contribution is -0.123. The highest BCUT2D eigenvalue weighted by atomic mass is 16.5. The van der Waals surface area contributed by atoms with Crippen LogP contribution >= 0.6 is 0 Å². The summed E-state index contributed by atoms with van der Waals surface area (Å²) >= 11 is 0. The first-order valence-corrected chi connectivity index (χ1v) is 8.15. The van der Waals surface area contributed by atoms with E-state index < -0.39 is 0 Å². The molecule has 5 nitrogen and oxygen atoms in total. The molecule has 0 spiro atoms. The van der Waals surface area contributed by atoms with Gasteiger partial charge in [-0.3, -0.25) is 4.79 Å². The quantitative estimate of drug-likeness (QED) is 0.671. The first-order chi connectivity index (χ1) is 11.1. The maximum absolute atomic E-state index is 12.3. The molecule has 2 aliphatic rings. The molecule has 0 aromatic heterocycles. The molecule has 3 atom stereocenters. The van der Waals surface area contributed by atoms with Crippen LogP contribution in [0.4, 0.5) is 0 Å². The van der Waals surface area contributed by atoms with Gasteiger partial charge in [0.2, 0.25) is 5.91 Å². The Morgan fingerprint density at radius 1 is 1.35 bits per heavy atom. The van der Waals surface area contributed by atoms with Crippen LogP contribution in [0.3, 0.4) is 0 Å². The number of carbonyl (C=O) groups excluding carboxylic acids is 1. The molecule has 1 N–H and O–H groups in total. The third kappa shape index (κ3) is 2.92. The Labute approximate surface area is 137 Å². The van der Waals surface area contributed by atoms with Crippen LogP contribution in [0, 0.1) is 17.3 Å². The Balaban J connectivity index is 1.62. The molecular formula is C18H24N2O3. The van der Waals surface area contributed by atoms with E-state index in [1.165, 1.54) is 19.3 Å². The number of hydrogen-bond donors (Lipinski definition) is 1. The Bertz CT molecular complexity index is 629. The number of amides is 1. The molecular weight excluding hydrogens is 292 g/mol. The topological polar surface area (TPSA) is 59.9 Å². The predicted molar refractivity (Wildman–Crippen MR) is 88.8 cm³/mol. The van der Waals surface area contributed by atoms with Crippen LogP contribution in [-0.4, -0.2) is 26.3 Å². The average Bonchev–Trinajstić information content (AvgIpc) is 3.20. The van der Waals surface area contributed by atoms with Crippen LogP contribution < -0.4 is 14.9 Å². The Morgan fingerprint density at radius 2 is 2.17 bits per heavy atom. The minimum Gasteiger partial charge on any atom is -0.497 e. The van der Waals surface area contributed by atoms with Gasteiger partial charge in [0.15, 0.2) is 0 Å². The standard InChI is InChI=1S/C18H24N2O3/c1-18-9-5-4-6-14(18)16(18)17(21)20-19-11-12-7-8-13(22-2)10-15(12)23-3/h7-8,10-11,14,16H,4-6,9H2,1-3H3,(H,20,21)/b19-11+/t14-,16+,18+/m1/s1. The molecule has 0 saturated heterocycles. The minimum atomic E-state index is 0.0446. The molecule has 23 heavy (non-hydrogen) atoms. The fourth-order valence-corrected chi connectivity index (χ4v) is 4.01. The van der Waals surface area contributed by atoms with Crippen molar-refractivity contribution < 1.29 is 14.3 Å². The van der Waals surface area contributed by atoms with Gasteiger partial charge in [-0.15, -0.1) is 0 Å². The molecule has 124 valence electrons. The summed E-state index contributed by atoms with van der Waals surface area (Å²) in [5.74, 6) is 2.09. The van der Waals surface area contributed by atoms with E-state index in [0.717, 1.165) is 17.7 Å². The summed E-state index contributed by atoms with van der Waals surface area (Å²) in [6.45, 7) is 2.23. The molecule has 1 aromatic carbocycles. The van der Waals surface area contributed by atoms with Gasteiger partial charge in [-0.1, -0.05) is 19.8 Å². The lowest BCUT2D eigenvalue weighted by Crippen LogP contribution is -2.22. The predicted octanol–water partition coefficient (Wildman–Crippen LogP) is 2.98. The zero-order chi connectivity index (χ0) is 16.4. The number of nitrogens with one attached hydrogen (secondary N) is 1. The molecule has 0 radical (unpaired) electrons. The van der Waals surface area contributed by atoms with E-state index in [4.69, 9.17) is 9.47 Å². The number of rotatable bonds is 5. The highest BCUT2D eigenvalue weighted by Crippen LogP contribution is 2.66. The van der Waals surface area contributed by atoms with Crippen molar-refractivity contribution in [3.63, 3.8) is 0 Å². The normalized spacial score (nSPS) is 29.0. The van der Waals surface area contributed by atoms with Crippen molar-refractivity contribution in [3.05, 3.63) is 23.8 Å². The molecule has 0 heterocycles. The third-order valence-electron chi connectivity index (χ3n) is 5.43. The van der Waals surface area contributed by atoms with Gasteiger partial charge in [0.25, 0.3) is 0 Å². The second-order valence-electron chi connectivity index (χ2n) is 6.68. The van der Waals surface area contributed by atoms with Crippen molar-refractivity contribution in [3.8, 4) is 11.5 Å². The summed E-state index contributed by atoms with van der Waals surface area (Å²) < 4.78 is 10.5. The van der Waals surface area contributed by atoms with Crippen LogP contribution in [0.1, 0.15) is 38.2 Å². The zero-order valence-corrected chi connectivity index (χ0v) is 14.0. The summed E-state index contributed by atoms with van der Waals surface area (Å²) in [4.78, 5) is 12.3. The van der Waals surface area contributed by atoms with Gasteiger partial charge in [-0.2, -0.15) is 5.10 Å². The van der Waals surface area contributed by atoms with Crippen LogP contribution in [0.5, 0.6) is 11.5 Å². The van der Waals surface area contributed by atoms with E-state index in [9.17, 15) is 4.79 Å². The largest absolute Gasteiger partial charge is 0.497 e. The zero-order valence-electron chi connectivity index (χ0n) is 14.0. The van der Waals surface area contributed by atoms with E-state index in [-0.39, 0.29) is 17.2 Å². The maximum atomic E-state index is 12.3. The summed E-state index contributed by atoms with van der Waals surface area (Å²) in [6.07, 6.45) is 6.43. The molecule has 3 rings (SSSR count). The lowest BCUT2D eigenvalue weighted by atomic mass is 9.90. The molecule has 0 aliphatic heterocycles. The van der Waals surface area contributed by atoms with Gasteiger partial charge >= 0.3 is 0 Å². The van der Waals surface area contributed by atoms with Crippen LogP contribution in [0.2, 0.25) is 0 Å². The number of ether oxygens (including phenoxy) is 2. The Hall–Kier alpha value is -2.04. The summed E-state index contributed by atoms with van der Waals surface area (Å²) in [5.41, 5.74) is 3.70. The second-order valence-corrected chi connectivity index (χ2v) is 6.68. The molecule has 2 aliphatic carbocycles. The van der Waals surface area contributed by atoms with Gasteiger partial charge in [0.05, 0.1) is 20.4 Å². The van der Waals surface area contributed by atoms with Gasteiger partial charge in [-0.05, 0) is 36.3 Å². The van der Waals surface area contributed by atoms with Crippen molar-refractivity contribution in [1.29, 1.82) is 0 Å². The minimum absolute atomic E-state index is 0.0446. The second kappa shape index (κ2) is 6.22. The number of methoxy groups -OCH3 is 2. The van der Waals surface area contributed by atoms with Crippen molar-refractivity contribution in [2.24, 2.45) is 22.4 Å². The monoisotopic (exact) mass is 316 g/mol. The van der Waals surface area contributed by atoms with E-state index in [1.54, 1.807) is 26.5 Å². The van der Waals surface area contributed by atoms with Gasteiger partial charge in [-0.25, -0.2) is 5.43 Å². The van der Waals surface area contributed by atoms with E-state index >= 15 is 0 Å². The van der Waals surface area contributed by atoms with E-state index in [1.807, 2.05) is 12.1 Å². The fraction of sp³-hybridized carbons (Fsp3) is 0.556. The average molecular weight is 316 g/mol. The highest BCUT2D eigenvalue weighted by molar-refractivity contribution is 5.87. The smallest absolute Gasteiger partial charge is 0.244 e. The highest BCUT2D eigenvalue weighted by Gasteiger charge is 2.64. The number of fused-ring (bicyclic) bond motifs is 1. The third-order valence-corrected chi connectivity index (χ3v) is 5.43. The van der Waals surface area contributed by atoms with Crippen LogP contribution in [0.15, 0.2) is 23.3 Å². The lowest BCUT2D eigenvalue weighted by Gasteiger charge is -2.15. The number of hydrazone groups is 1. The summed E-state index contributed by atoms with van der Waals surface area (Å²) in [5, 5.41) is 4.11. The number of carbonyl (C=O) groups is 1. The number of nitrogens with zero attached hydrogens (tertiary/aromatic N) is 1. The molecule has 2 saturated carbocycles. The number of benzene rings is 1. The van der Waals surface area contributed by atoms with E-state index in [0.29, 0.717) is 11.7 Å². The van der Waals surface area contributed by atoms with Crippen molar-refractivity contribution in [2.45, 2.75) is 32.6 Å². The molecule has 1 amide bonds. The molecule has 1 aromatic rings. The number of hydrogen-bond acceptors (Lipinski definition) is 4. The van der Waals surface area contributed by atoms with Gasteiger partial charge < -0.3 is 9.47 Å². The van der Waals surface area contributed by atoms with Crippen LogP contribution in [-0.2, 0) is 4.79 Å². The van der Waals surface area contributed by atoms with E-state index in [2.05, 4.69) is 17.5 Å². The maximum Gasteiger partial charge on any atom is 0.244 e. The summed E-state index contributed by atoms with van der Waals surface area (Å²) in [6, 6.07) is 5.48. The molecule has 5 heteroatoms. The first-order valence-electron chi connectivity index (χ1n) is 8.15. The van der Waals surface area contributed by atoms with Crippen molar-refractivity contribution in [1.82, 2.24) is 5.43 Å². The molecule has 0 unspecified atom stereocenters. The Kier molecular flexibility index (Phi) is 4.28. The molecule has 0 bridgehead atoms. The molecule has 2 fully saturated rings.